The van der Waals surface area contributed by atoms with E-state index >= 15 is 0 Å². The molecular formula is C35H39N3O5S. The number of benzene rings is 4. The third kappa shape index (κ3) is 8.05. The molecule has 0 bridgehead atoms. The largest absolute Gasteiger partial charge is 0.497 e. The summed E-state index contributed by atoms with van der Waals surface area (Å²) < 4.78 is 34.7. The van der Waals surface area contributed by atoms with Gasteiger partial charge in [0.1, 0.15) is 18.3 Å². The Morgan fingerprint density at radius 1 is 0.818 bits per heavy atom. The van der Waals surface area contributed by atoms with Gasteiger partial charge in [-0.3, -0.25) is 13.9 Å². The fourth-order valence-electron chi connectivity index (χ4n) is 4.89. The van der Waals surface area contributed by atoms with Crippen molar-refractivity contribution >= 4 is 27.5 Å². The molecule has 0 saturated heterocycles. The van der Waals surface area contributed by atoms with Gasteiger partial charge in [-0.1, -0.05) is 77.9 Å². The smallest absolute Gasteiger partial charge is 0.264 e. The number of hydrogen-bond donors (Lipinski definition) is 1. The van der Waals surface area contributed by atoms with Crippen molar-refractivity contribution in [3.63, 3.8) is 0 Å². The summed E-state index contributed by atoms with van der Waals surface area (Å²) >= 11 is 0. The maximum atomic E-state index is 14.4. The lowest BCUT2D eigenvalue weighted by molar-refractivity contribution is -0.140. The number of nitrogens with one attached hydrogen (secondary N) is 1. The Morgan fingerprint density at radius 2 is 1.43 bits per heavy atom. The fraction of sp³-hybridized carbons (Fsp3) is 0.257. The van der Waals surface area contributed by atoms with Crippen LogP contribution in [-0.4, -0.2) is 51.4 Å². The molecule has 0 spiro atoms. The lowest BCUT2D eigenvalue weighted by atomic mass is 10.0. The second kappa shape index (κ2) is 14.7. The number of carbonyl (C=O) groups excluding carboxylic acids is 2. The van der Waals surface area contributed by atoms with Crippen molar-refractivity contribution in [1.82, 2.24) is 10.2 Å². The number of carbonyl (C=O) groups is 2. The predicted octanol–water partition coefficient (Wildman–Crippen LogP) is 5.28. The van der Waals surface area contributed by atoms with E-state index in [0.717, 1.165) is 26.6 Å². The molecule has 0 aliphatic rings. The monoisotopic (exact) mass is 613 g/mol. The predicted molar refractivity (Wildman–Crippen MR) is 173 cm³/mol. The highest BCUT2D eigenvalue weighted by Gasteiger charge is 2.34. The van der Waals surface area contributed by atoms with E-state index in [4.69, 9.17) is 4.74 Å². The molecule has 44 heavy (non-hydrogen) atoms. The summed E-state index contributed by atoms with van der Waals surface area (Å²) in [5.74, 6) is -0.233. The van der Waals surface area contributed by atoms with Crippen molar-refractivity contribution in [2.45, 2.75) is 44.7 Å². The molecule has 1 N–H and O–H groups in total. The number of anilines is 1. The lowest BCUT2D eigenvalue weighted by Crippen LogP contribution is -2.53. The highest BCUT2D eigenvalue weighted by molar-refractivity contribution is 7.92. The van der Waals surface area contributed by atoms with Crippen LogP contribution in [0.5, 0.6) is 5.75 Å². The molecule has 2 amide bonds. The molecule has 0 unspecified atom stereocenters. The number of ether oxygens (including phenoxy) is 1. The number of likely N-dealkylation sites (N-methyl/N-ethyl adjacent to an activating group) is 1. The van der Waals surface area contributed by atoms with Crippen LogP contribution >= 0.6 is 0 Å². The van der Waals surface area contributed by atoms with E-state index in [-0.39, 0.29) is 23.8 Å². The van der Waals surface area contributed by atoms with E-state index in [2.05, 4.69) is 5.32 Å². The molecule has 0 aliphatic heterocycles. The van der Waals surface area contributed by atoms with Crippen LogP contribution in [0.4, 0.5) is 5.69 Å². The number of rotatable bonds is 13. The highest BCUT2D eigenvalue weighted by atomic mass is 32.2. The molecule has 4 aromatic rings. The van der Waals surface area contributed by atoms with E-state index in [0.29, 0.717) is 18.0 Å². The SMILES string of the molecule is CCNC(=O)[C@@H](Cc1ccccc1)N(Cc1cccc(OC)c1)C(=O)CN(c1ccc(C)cc1)S(=O)(=O)c1ccc(C)cc1. The Balaban J connectivity index is 1.80. The van der Waals surface area contributed by atoms with Crippen molar-refractivity contribution in [1.29, 1.82) is 0 Å². The summed E-state index contributed by atoms with van der Waals surface area (Å²) in [6.45, 7) is 5.54. The molecule has 4 rings (SSSR count). The van der Waals surface area contributed by atoms with Gasteiger partial charge in [0.25, 0.3) is 10.0 Å². The van der Waals surface area contributed by atoms with Crippen LogP contribution in [0.3, 0.4) is 0 Å². The van der Waals surface area contributed by atoms with Gasteiger partial charge < -0.3 is 15.0 Å². The van der Waals surface area contributed by atoms with Crippen LogP contribution in [0, 0.1) is 13.8 Å². The minimum atomic E-state index is -4.15. The molecule has 1 atom stereocenters. The summed E-state index contributed by atoms with van der Waals surface area (Å²) in [5, 5.41) is 2.87. The Morgan fingerprint density at radius 3 is 2.05 bits per heavy atom. The topological polar surface area (TPSA) is 96.0 Å². The Labute approximate surface area is 260 Å². The van der Waals surface area contributed by atoms with E-state index in [9.17, 15) is 18.0 Å². The van der Waals surface area contributed by atoms with Crippen molar-refractivity contribution in [3.05, 3.63) is 125 Å². The Bertz CT molecular complexity index is 1660. The van der Waals surface area contributed by atoms with Crippen molar-refractivity contribution in [2.75, 3.05) is 24.5 Å². The second-order valence-corrected chi connectivity index (χ2v) is 12.5. The van der Waals surface area contributed by atoms with E-state index < -0.39 is 28.5 Å². The van der Waals surface area contributed by atoms with Gasteiger partial charge in [0.15, 0.2) is 0 Å². The average molecular weight is 614 g/mol. The van der Waals surface area contributed by atoms with E-state index in [1.165, 1.54) is 17.0 Å². The van der Waals surface area contributed by atoms with Gasteiger partial charge in [-0.05, 0) is 68.3 Å². The summed E-state index contributed by atoms with van der Waals surface area (Å²) in [7, 11) is -2.59. The molecule has 0 radical (unpaired) electrons. The number of amides is 2. The average Bonchev–Trinajstić information content (AvgIpc) is 3.02. The van der Waals surface area contributed by atoms with Gasteiger partial charge >= 0.3 is 0 Å². The maximum absolute atomic E-state index is 14.4. The Kier molecular flexibility index (Phi) is 10.8. The first-order valence-electron chi connectivity index (χ1n) is 14.5. The van der Waals surface area contributed by atoms with Crippen LogP contribution in [0.25, 0.3) is 0 Å². The zero-order valence-corrected chi connectivity index (χ0v) is 26.4. The normalized spacial score (nSPS) is 11.8. The van der Waals surface area contributed by atoms with Crippen LogP contribution in [0.1, 0.15) is 29.2 Å². The molecule has 4 aromatic carbocycles. The quantitative estimate of drug-likeness (QED) is 0.221. The van der Waals surface area contributed by atoms with Gasteiger partial charge in [0.05, 0.1) is 17.7 Å². The van der Waals surface area contributed by atoms with Gasteiger partial charge in [-0.15, -0.1) is 0 Å². The van der Waals surface area contributed by atoms with Gasteiger partial charge in [0.2, 0.25) is 11.8 Å². The van der Waals surface area contributed by atoms with Crippen molar-refractivity contribution < 1.29 is 22.7 Å². The molecular weight excluding hydrogens is 574 g/mol. The summed E-state index contributed by atoms with van der Waals surface area (Å²) in [5.41, 5.74) is 3.82. The van der Waals surface area contributed by atoms with Crippen LogP contribution in [0.2, 0.25) is 0 Å². The fourth-order valence-corrected chi connectivity index (χ4v) is 6.30. The molecule has 230 valence electrons. The minimum absolute atomic E-state index is 0.0665. The zero-order valence-electron chi connectivity index (χ0n) is 25.6. The molecule has 0 heterocycles. The molecule has 0 saturated carbocycles. The van der Waals surface area contributed by atoms with Gasteiger partial charge in [0, 0.05) is 19.5 Å². The summed E-state index contributed by atoms with van der Waals surface area (Å²) in [6.07, 6.45) is 0.248. The number of nitrogens with zero attached hydrogens (tertiary/aromatic N) is 2. The summed E-state index contributed by atoms with van der Waals surface area (Å²) in [4.78, 5) is 29.6. The maximum Gasteiger partial charge on any atom is 0.264 e. The number of hydrogen-bond acceptors (Lipinski definition) is 5. The number of aryl methyl sites for hydroxylation is 2. The standard InChI is InChI=1S/C35H39N3O5S/c1-5-36-35(40)33(23-28-10-7-6-8-11-28)37(24-29-12-9-13-31(22-29)43-4)34(39)25-38(30-18-14-26(2)15-19-30)44(41,42)32-20-16-27(3)17-21-32/h6-22,33H,5,23-25H2,1-4H3,(H,36,40)/t33-/m1/s1. The first-order chi connectivity index (χ1) is 21.1. The van der Waals surface area contributed by atoms with E-state index in [1.54, 1.807) is 55.6 Å². The summed E-state index contributed by atoms with van der Waals surface area (Å²) in [6, 6.07) is 29.3. The molecule has 0 fully saturated rings. The molecule has 0 aromatic heterocycles. The first kappa shape index (κ1) is 32.3. The van der Waals surface area contributed by atoms with Crippen molar-refractivity contribution in [2.24, 2.45) is 0 Å². The number of sulfonamides is 1. The lowest BCUT2D eigenvalue weighted by Gasteiger charge is -2.34. The third-order valence-corrected chi connectivity index (χ3v) is 9.11. The van der Waals surface area contributed by atoms with Crippen LogP contribution in [-0.2, 0) is 32.6 Å². The van der Waals surface area contributed by atoms with Gasteiger partial charge in [-0.2, -0.15) is 0 Å². The Hall–Kier alpha value is -4.63. The number of methoxy groups -OCH3 is 1. The van der Waals surface area contributed by atoms with Crippen LogP contribution < -0.4 is 14.4 Å². The van der Waals surface area contributed by atoms with E-state index in [1.807, 2.05) is 63.2 Å². The molecule has 8 nitrogen and oxygen atoms in total. The van der Waals surface area contributed by atoms with Gasteiger partial charge in [-0.25, -0.2) is 8.42 Å². The molecule has 0 aliphatic carbocycles. The minimum Gasteiger partial charge on any atom is -0.497 e. The van der Waals surface area contributed by atoms with Crippen molar-refractivity contribution in [3.8, 4) is 5.75 Å². The first-order valence-corrected chi connectivity index (χ1v) is 16.0. The zero-order chi connectivity index (χ0) is 31.7. The third-order valence-electron chi connectivity index (χ3n) is 7.32. The van der Waals surface area contributed by atoms with Crippen LogP contribution in [0.15, 0.2) is 108 Å². The second-order valence-electron chi connectivity index (χ2n) is 10.6. The highest BCUT2D eigenvalue weighted by Crippen LogP contribution is 2.26. The molecule has 9 heteroatoms.